The molecule has 2 N–H and O–H groups in total. The minimum atomic E-state index is 0.539. The summed E-state index contributed by atoms with van der Waals surface area (Å²) in [7, 11) is 0. The van der Waals surface area contributed by atoms with Crippen molar-refractivity contribution in [1.29, 1.82) is 0 Å². The van der Waals surface area contributed by atoms with E-state index >= 15 is 0 Å². The standard InChI is InChI=1S/C18H17ClN4S/c1-13-20-10-11-23(13)15-8-6-14(7-9-15)12-21-18(24)22-17-5-3-2-4-16(17)19/h2-11H,12H2,1H3,(H2,21,22,24). The maximum absolute atomic E-state index is 6.11. The van der Waals surface area contributed by atoms with E-state index in [0.717, 1.165) is 22.8 Å². The van der Waals surface area contributed by atoms with Crippen molar-refractivity contribution in [3.8, 4) is 5.69 Å². The number of aryl methyl sites for hydroxylation is 1. The number of nitrogens with one attached hydrogen (secondary N) is 2. The highest BCUT2D eigenvalue weighted by molar-refractivity contribution is 7.80. The highest BCUT2D eigenvalue weighted by atomic mass is 35.5. The summed E-state index contributed by atoms with van der Waals surface area (Å²) in [6.45, 7) is 2.62. The second-order valence-corrected chi connectivity index (χ2v) is 6.11. The maximum atomic E-state index is 6.11. The van der Waals surface area contributed by atoms with Crippen LogP contribution in [0, 0.1) is 6.92 Å². The van der Waals surface area contributed by atoms with Gasteiger partial charge in [-0.2, -0.15) is 0 Å². The number of hydrogen-bond acceptors (Lipinski definition) is 2. The minimum Gasteiger partial charge on any atom is -0.358 e. The van der Waals surface area contributed by atoms with Crippen molar-refractivity contribution in [1.82, 2.24) is 14.9 Å². The number of hydrogen-bond donors (Lipinski definition) is 2. The second kappa shape index (κ2) is 7.47. The molecule has 0 fully saturated rings. The van der Waals surface area contributed by atoms with Crippen molar-refractivity contribution >= 4 is 34.6 Å². The van der Waals surface area contributed by atoms with Crippen molar-refractivity contribution < 1.29 is 0 Å². The highest BCUT2D eigenvalue weighted by Crippen LogP contribution is 2.20. The van der Waals surface area contributed by atoms with Gasteiger partial charge in [-0.1, -0.05) is 35.9 Å². The Labute approximate surface area is 151 Å². The van der Waals surface area contributed by atoms with Gasteiger partial charge < -0.3 is 15.2 Å². The zero-order valence-electron chi connectivity index (χ0n) is 13.2. The molecule has 0 unspecified atom stereocenters. The number of halogens is 1. The van der Waals surface area contributed by atoms with Crippen LogP contribution in [0.1, 0.15) is 11.4 Å². The zero-order valence-corrected chi connectivity index (χ0v) is 14.7. The molecule has 0 atom stereocenters. The summed E-state index contributed by atoms with van der Waals surface area (Å²) in [5, 5.41) is 7.46. The Morgan fingerprint density at radius 3 is 2.58 bits per heavy atom. The molecule has 0 saturated heterocycles. The van der Waals surface area contributed by atoms with Gasteiger partial charge in [0.2, 0.25) is 0 Å². The molecule has 0 amide bonds. The van der Waals surface area contributed by atoms with Gasteiger partial charge in [0.05, 0.1) is 10.7 Å². The Kier molecular flexibility index (Phi) is 5.13. The number of imidazole rings is 1. The van der Waals surface area contributed by atoms with Crippen molar-refractivity contribution in [3.63, 3.8) is 0 Å². The maximum Gasteiger partial charge on any atom is 0.171 e. The van der Waals surface area contributed by atoms with Crippen molar-refractivity contribution in [2.45, 2.75) is 13.5 Å². The lowest BCUT2D eigenvalue weighted by atomic mass is 10.2. The van der Waals surface area contributed by atoms with E-state index in [4.69, 9.17) is 23.8 Å². The Hall–Kier alpha value is -2.37. The van der Waals surface area contributed by atoms with E-state index in [0.29, 0.717) is 16.7 Å². The first kappa shape index (κ1) is 16.5. The third kappa shape index (κ3) is 3.93. The van der Waals surface area contributed by atoms with Crippen LogP contribution in [0.5, 0.6) is 0 Å². The molecule has 1 heterocycles. The van der Waals surface area contributed by atoms with Crippen LogP contribution in [0.3, 0.4) is 0 Å². The Bertz CT molecular complexity index is 842. The molecule has 3 aromatic rings. The molecule has 1 aromatic heterocycles. The van der Waals surface area contributed by atoms with Gasteiger partial charge in [0.25, 0.3) is 0 Å². The number of benzene rings is 2. The van der Waals surface area contributed by atoms with Crippen molar-refractivity contribution in [3.05, 3.63) is 77.3 Å². The van der Waals surface area contributed by atoms with E-state index < -0.39 is 0 Å². The molecular formula is C18H17ClN4S. The minimum absolute atomic E-state index is 0.539. The fourth-order valence-corrected chi connectivity index (χ4v) is 2.70. The average Bonchev–Trinajstić information content (AvgIpc) is 3.02. The highest BCUT2D eigenvalue weighted by Gasteiger charge is 2.03. The van der Waals surface area contributed by atoms with Crippen LogP contribution in [0.4, 0.5) is 5.69 Å². The Morgan fingerprint density at radius 1 is 1.17 bits per heavy atom. The Morgan fingerprint density at radius 2 is 1.92 bits per heavy atom. The molecule has 2 aromatic carbocycles. The third-order valence-corrected chi connectivity index (χ3v) is 4.19. The molecule has 122 valence electrons. The van der Waals surface area contributed by atoms with Crippen LogP contribution >= 0.6 is 23.8 Å². The fourth-order valence-electron chi connectivity index (χ4n) is 2.34. The average molecular weight is 357 g/mol. The smallest absolute Gasteiger partial charge is 0.171 e. The summed E-state index contributed by atoms with van der Waals surface area (Å²) in [4.78, 5) is 4.24. The van der Waals surface area contributed by atoms with Crippen LogP contribution in [0.15, 0.2) is 60.9 Å². The normalized spacial score (nSPS) is 10.4. The van der Waals surface area contributed by atoms with E-state index in [-0.39, 0.29) is 0 Å². The molecule has 0 aliphatic rings. The van der Waals surface area contributed by atoms with Gasteiger partial charge in [0, 0.05) is 24.6 Å². The predicted molar refractivity (Wildman–Crippen MR) is 103 cm³/mol. The summed E-state index contributed by atoms with van der Waals surface area (Å²) >= 11 is 11.4. The molecule has 0 radical (unpaired) electrons. The van der Waals surface area contributed by atoms with E-state index in [2.05, 4.69) is 39.9 Å². The number of para-hydroxylation sites is 1. The summed E-state index contributed by atoms with van der Waals surface area (Å²) in [6, 6.07) is 15.8. The van der Waals surface area contributed by atoms with E-state index in [1.807, 2.05) is 42.0 Å². The van der Waals surface area contributed by atoms with Crippen LogP contribution < -0.4 is 10.6 Å². The zero-order chi connectivity index (χ0) is 16.9. The molecular weight excluding hydrogens is 340 g/mol. The quantitative estimate of drug-likeness (QED) is 0.683. The Balaban J connectivity index is 1.58. The van der Waals surface area contributed by atoms with Crippen LogP contribution in [-0.4, -0.2) is 14.7 Å². The van der Waals surface area contributed by atoms with Crippen LogP contribution in [0.2, 0.25) is 5.02 Å². The van der Waals surface area contributed by atoms with Gasteiger partial charge in [-0.15, -0.1) is 0 Å². The third-order valence-electron chi connectivity index (χ3n) is 3.62. The number of thiocarbonyl (C=S) groups is 1. The molecule has 0 spiro atoms. The van der Waals surface area contributed by atoms with Gasteiger partial charge in [-0.3, -0.25) is 0 Å². The molecule has 4 nitrogen and oxygen atoms in total. The summed E-state index contributed by atoms with van der Waals surface area (Å²) in [5.74, 6) is 0.964. The fraction of sp³-hybridized carbons (Fsp3) is 0.111. The summed E-state index contributed by atoms with van der Waals surface area (Å²) in [5.41, 5.74) is 3.02. The lowest BCUT2D eigenvalue weighted by Crippen LogP contribution is -2.27. The molecule has 3 rings (SSSR count). The van der Waals surface area contributed by atoms with Gasteiger partial charge in [0.15, 0.2) is 5.11 Å². The van der Waals surface area contributed by atoms with Gasteiger partial charge in [-0.25, -0.2) is 4.98 Å². The topological polar surface area (TPSA) is 41.9 Å². The monoisotopic (exact) mass is 356 g/mol. The van der Waals surface area contributed by atoms with Gasteiger partial charge in [0.1, 0.15) is 5.82 Å². The van der Waals surface area contributed by atoms with Crippen LogP contribution in [-0.2, 0) is 6.54 Å². The van der Waals surface area contributed by atoms with Gasteiger partial charge >= 0.3 is 0 Å². The first-order valence-electron chi connectivity index (χ1n) is 7.52. The van der Waals surface area contributed by atoms with Crippen LogP contribution in [0.25, 0.3) is 5.69 Å². The van der Waals surface area contributed by atoms with Gasteiger partial charge in [-0.05, 0) is 49.0 Å². The first-order chi connectivity index (χ1) is 11.6. The second-order valence-electron chi connectivity index (χ2n) is 5.30. The number of rotatable bonds is 4. The predicted octanol–water partition coefficient (Wildman–Crippen LogP) is 4.32. The first-order valence-corrected chi connectivity index (χ1v) is 8.31. The number of aromatic nitrogens is 2. The number of nitrogens with zero attached hydrogens (tertiary/aromatic N) is 2. The largest absolute Gasteiger partial charge is 0.358 e. The molecule has 0 bridgehead atoms. The SMILES string of the molecule is Cc1nccn1-c1ccc(CNC(=S)Nc2ccccc2Cl)cc1. The van der Waals surface area contributed by atoms with E-state index in [1.165, 1.54) is 0 Å². The molecule has 6 heteroatoms. The summed E-state index contributed by atoms with van der Waals surface area (Å²) < 4.78 is 2.04. The summed E-state index contributed by atoms with van der Waals surface area (Å²) in [6.07, 6.45) is 3.74. The van der Waals surface area contributed by atoms with E-state index in [1.54, 1.807) is 6.20 Å². The molecule has 0 aliphatic carbocycles. The lowest BCUT2D eigenvalue weighted by molar-refractivity contribution is 0.920. The van der Waals surface area contributed by atoms with Crippen molar-refractivity contribution in [2.24, 2.45) is 0 Å². The van der Waals surface area contributed by atoms with E-state index in [9.17, 15) is 0 Å². The lowest BCUT2D eigenvalue weighted by Gasteiger charge is -2.12. The molecule has 24 heavy (non-hydrogen) atoms. The van der Waals surface area contributed by atoms with Crippen molar-refractivity contribution in [2.75, 3.05) is 5.32 Å². The number of anilines is 1. The molecule has 0 aliphatic heterocycles. The molecule has 0 saturated carbocycles.